The maximum Gasteiger partial charge on any atom is 0.415 e. The highest BCUT2D eigenvalue weighted by Crippen LogP contribution is 2.23. The summed E-state index contributed by atoms with van der Waals surface area (Å²) < 4.78 is 35.2. The summed E-state index contributed by atoms with van der Waals surface area (Å²) in [7, 11) is 0. The second-order valence-corrected chi connectivity index (χ2v) is 2.81. The highest BCUT2D eigenvalue weighted by Gasteiger charge is 2.42. The summed E-state index contributed by atoms with van der Waals surface area (Å²) >= 11 is 0. The number of aliphatic hydroxyl groups is 1. The van der Waals surface area contributed by atoms with Gasteiger partial charge in [-0.2, -0.15) is 13.2 Å². The molecule has 0 aliphatic carbocycles. The van der Waals surface area contributed by atoms with Crippen molar-refractivity contribution >= 4 is 0 Å². The third-order valence-electron chi connectivity index (χ3n) is 1.47. The highest BCUT2D eigenvalue weighted by molar-refractivity contribution is 4.80. The number of aliphatic hydroxyl groups excluding tert-OH is 1. The minimum absolute atomic E-state index is 0.383. The molecule has 0 aliphatic rings. The lowest BCUT2D eigenvalue weighted by molar-refractivity contribution is -0.212. The van der Waals surface area contributed by atoms with Crippen LogP contribution in [0.1, 0.15) is 13.8 Å². The lowest BCUT2D eigenvalue weighted by Crippen LogP contribution is -2.47. The minimum Gasteiger partial charge on any atom is -0.382 e. The Morgan fingerprint density at radius 3 is 1.73 bits per heavy atom. The zero-order valence-electron chi connectivity index (χ0n) is 6.39. The fourth-order valence-corrected chi connectivity index (χ4v) is 0.583. The zero-order chi connectivity index (χ0) is 9.23. The van der Waals surface area contributed by atoms with Crippen LogP contribution in [0.5, 0.6) is 0 Å². The number of rotatable bonds is 2. The maximum atomic E-state index is 11.7. The van der Waals surface area contributed by atoms with Crippen molar-refractivity contribution in [1.82, 2.24) is 0 Å². The first-order valence-corrected chi connectivity index (χ1v) is 3.27. The minimum atomic E-state index is -4.61. The van der Waals surface area contributed by atoms with Gasteiger partial charge in [0.15, 0.2) is 6.10 Å². The van der Waals surface area contributed by atoms with Crippen molar-refractivity contribution in [3.8, 4) is 0 Å². The molecule has 11 heavy (non-hydrogen) atoms. The molecule has 0 bridgehead atoms. The Morgan fingerprint density at radius 1 is 1.27 bits per heavy atom. The van der Waals surface area contributed by atoms with Gasteiger partial charge in [-0.1, -0.05) is 13.8 Å². The van der Waals surface area contributed by atoms with Crippen LogP contribution >= 0.6 is 0 Å². The quantitative estimate of drug-likeness (QED) is 0.648. The first-order chi connectivity index (χ1) is 4.76. The molecular weight excluding hydrogens is 159 g/mol. The monoisotopic (exact) mass is 171 g/mol. The standard InChI is InChI=1S/C6H12F3NO/c1-3(2)4(10)5(11)6(7,8)9/h3-5,11H,10H2,1-2H3/t4-,5+/m0/s1. The molecule has 2 nitrogen and oxygen atoms in total. The molecule has 0 aromatic rings. The van der Waals surface area contributed by atoms with Gasteiger partial charge in [-0.25, -0.2) is 0 Å². The van der Waals surface area contributed by atoms with E-state index in [0.717, 1.165) is 0 Å². The van der Waals surface area contributed by atoms with E-state index in [2.05, 4.69) is 0 Å². The van der Waals surface area contributed by atoms with Crippen molar-refractivity contribution in [2.75, 3.05) is 0 Å². The van der Waals surface area contributed by atoms with E-state index in [1.807, 2.05) is 0 Å². The summed E-state index contributed by atoms with van der Waals surface area (Å²) in [6.45, 7) is 3.05. The van der Waals surface area contributed by atoms with Gasteiger partial charge in [0.2, 0.25) is 0 Å². The van der Waals surface area contributed by atoms with E-state index in [1.165, 1.54) is 13.8 Å². The second kappa shape index (κ2) is 3.40. The number of alkyl halides is 3. The molecule has 0 aromatic heterocycles. The summed E-state index contributed by atoms with van der Waals surface area (Å²) in [5.41, 5.74) is 5.08. The van der Waals surface area contributed by atoms with E-state index in [4.69, 9.17) is 10.8 Å². The lowest BCUT2D eigenvalue weighted by atomic mass is 9.99. The Balaban J connectivity index is 4.13. The summed E-state index contributed by atoms with van der Waals surface area (Å²) in [6.07, 6.45) is -7.02. The summed E-state index contributed by atoms with van der Waals surface area (Å²) in [4.78, 5) is 0. The molecule has 3 N–H and O–H groups in total. The van der Waals surface area contributed by atoms with Crippen LogP contribution in [0.25, 0.3) is 0 Å². The Morgan fingerprint density at radius 2 is 1.64 bits per heavy atom. The maximum absolute atomic E-state index is 11.7. The normalized spacial score (nSPS) is 18.5. The van der Waals surface area contributed by atoms with Gasteiger partial charge in [0, 0.05) is 6.04 Å². The van der Waals surface area contributed by atoms with Crippen molar-refractivity contribution in [2.45, 2.75) is 32.2 Å². The number of hydrogen-bond acceptors (Lipinski definition) is 2. The van der Waals surface area contributed by atoms with E-state index in [1.54, 1.807) is 0 Å². The van der Waals surface area contributed by atoms with Gasteiger partial charge in [0.25, 0.3) is 0 Å². The summed E-state index contributed by atoms with van der Waals surface area (Å²) in [5.74, 6) is -0.383. The molecule has 0 heterocycles. The molecule has 0 fully saturated rings. The average Bonchev–Trinajstić information content (AvgIpc) is 1.82. The van der Waals surface area contributed by atoms with Crippen LogP contribution in [0.3, 0.4) is 0 Å². The Kier molecular flexibility index (Phi) is 3.31. The van der Waals surface area contributed by atoms with Crippen LogP contribution in [0.2, 0.25) is 0 Å². The van der Waals surface area contributed by atoms with Crippen molar-refractivity contribution < 1.29 is 18.3 Å². The van der Waals surface area contributed by atoms with E-state index < -0.39 is 18.3 Å². The predicted octanol–water partition coefficient (Wildman–Crippen LogP) is 0.893. The number of halogens is 3. The second-order valence-electron chi connectivity index (χ2n) is 2.81. The lowest BCUT2D eigenvalue weighted by Gasteiger charge is -2.23. The molecule has 5 heteroatoms. The smallest absolute Gasteiger partial charge is 0.382 e. The average molecular weight is 171 g/mol. The van der Waals surface area contributed by atoms with Crippen LogP contribution in [0.15, 0.2) is 0 Å². The topological polar surface area (TPSA) is 46.2 Å². The van der Waals surface area contributed by atoms with Gasteiger partial charge < -0.3 is 10.8 Å². The van der Waals surface area contributed by atoms with Crippen molar-refractivity contribution in [3.63, 3.8) is 0 Å². The fourth-order valence-electron chi connectivity index (χ4n) is 0.583. The largest absolute Gasteiger partial charge is 0.415 e. The molecule has 0 rings (SSSR count). The van der Waals surface area contributed by atoms with Crippen molar-refractivity contribution in [2.24, 2.45) is 11.7 Å². The summed E-state index contributed by atoms with van der Waals surface area (Å²) in [5, 5.41) is 8.57. The SMILES string of the molecule is CC(C)[C@H](N)[C@@H](O)C(F)(F)F. The molecule has 0 amide bonds. The molecule has 0 saturated carbocycles. The molecule has 0 saturated heterocycles. The summed E-state index contributed by atoms with van der Waals surface area (Å²) in [6, 6.07) is -1.24. The zero-order valence-corrected chi connectivity index (χ0v) is 6.39. The van der Waals surface area contributed by atoms with Crippen LogP contribution in [0, 0.1) is 5.92 Å². The highest BCUT2D eigenvalue weighted by atomic mass is 19.4. The van der Waals surface area contributed by atoms with Crippen molar-refractivity contribution in [3.05, 3.63) is 0 Å². The molecule has 0 aromatic carbocycles. The molecule has 0 radical (unpaired) electrons. The third-order valence-corrected chi connectivity index (χ3v) is 1.47. The fraction of sp³-hybridized carbons (Fsp3) is 1.00. The van der Waals surface area contributed by atoms with Gasteiger partial charge in [0.05, 0.1) is 0 Å². The first kappa shape index (κ1) is 10.7. The van der Waals surface area contributed by atoms with Crippen LogP contribution in [-0.2, 0) is 0 Å². The van der Waals surface area contributed by atoms with E-state index >= 15 is 0 Å². The molecule has 2 atom stereocenters. The first-order valence-electron chi connectivity index (χ1n) is 3.27. The van der Waals surface area contributed by atoms with Gasteiger partial charge in [-0.15, -0.1) is 0 Å². The van der Waals surface area contributed by atoms with E-state index in [-0.39, 0.29) is 5.92 Å². The molecular formula is C6H12F3NO. The Labute approximate surface area is 63.2 Å². The molecule has 0 aliphatic heterocycles. The predicted molar refractivity (Wildman–Crippen MR) is 34.9 cm³/mol. The third kappa shape index (κ3) is 3.07. The van der Waals surface area contributed by atoms with Gasteiger partial charge >= 0.3 is 6.18 Å². The molecule has 0 unspecified atom stereocenters. The van der Waals surface area contributed by atoms with Crippen LogP contribution in [-0.4, -0.2) is 23.4 Å². The van der Waals surface area contributed by atoms with Gasteiger partial charge in [-0.05, 0) is 5.92 Å². The van der Waals surface area contributed by atoms with Gasteiger partial charge in [0.1, 0.15) is 0 Å². The molecule has 68 valence electrons. The van der Waals surface area contributed by atoms with E-state index in [9.17, 15) is 13.2 Å². The van der Waals surface area contributed by atoms with Crippen LogP contribution in [0.4, 0.5) is 13.2 Å². The van der Waals surface area contributed by atoms with Gasteiger partial charge in [-0.3, -0.25) is 0 Å². The van der Waals surface area contributed by atoms with Crippen molar-refractivity contribution in [1.29, 1.82) is 0 Å². The number of nitrogens with two attached hydrogens (primary N) is 1. The molecule has 0 spiro atoms. The number of hydrogen-bond donors (Lipinski definition) is 2. The van der Waals surface area contributed by atoms with Crippen LogP contribution < -0.4 is 5.73 Å². The Bertz CT molecular complexity index is 123. The van der Waals surface area contributed by atoms with E-state index in [0.29, 0.717) is 0 Å². The Hall–Kier alpha value is -0.290.